The van der Waals surface area contributed by atoms with Crippen LogP contribution in [-0.4, -0.2) is 17.0 Å². The number of fused-ring (bicyclic) bond motifs is 1. The Hall–Kier alpha value is -1.29. The lowest BCUT2D eigenvalue weighted by molar-refractivity contribution is -0.121. The van der Waals surface area contributed by atoms with E-state index in [-0.39, 0.29) is 11.9 Å². The van der Waals surface area contributed by atoms with Crippen LogP contribution in [0.2, 0.25) is 0 Å². The fraction of sp³-hybridized carbons (Fsp3) is 0.375. The summed E-state index contributed by atoms with van der Waals surface area (Å²) in [4.78, 5) is 11.0. The van der Waals surface area contributed by atoms with Gasteiger partial charge < -0.3 is 15.6 Å². The van der Waals surface area contributed by atoms with Gasteiger partial charge in [0.05, 0.1) is 0 Å². The molecule has 0 aliphatic carbocycles. The Balaban J connectivity index is 2.37. The molecule has 4 nitrogen and oxygen atoms in total. The highest BCUT2D eigenvalue weighted by atomic mass is 16.1. The second-order valence-electron chi connectivity index (χ2n) is 2.96. The molecule has 1 aromatic heterocycles. The van der Waals surface area contributed by atoms with Crippen LogP contribution in [0.25, 0.3) is 0 Å². The third-order valence-corrected chi connectivity index (χ3v) is 2.17. The molecule has 2 heterocycles. The molecule has 0 saturated heterocycles. The van der Waals surface area contributed by atoms with Gasteiger partial charge in [0, 0.05) is 25.0 Å². The second-order valence-corrected chi connectivity index (χ2v) is 2.96. The average Bonchev–Trinajstić information content (AvgIpc) is 2.49. The molecule has 0 radical (unpaired) electrons. The second kappa shape index (κ2) is 2.64. The Morgan fingerprint density at radius 3 is 3.33 bits per heavy atom. The largest absolute Gasteiger partial charge is 0.368 e. The number of nitrogens with two attached hydrogens (primary N) is 1. The maximum absolute atomic E-state index is 11.0. The molecule has 1 amide bonds. The number of aromatic nitrogens is 1. The van der Waals surface area contributed by atoms with E-state index in [4.69, 9.17) is 5.73 Å². The monoisotopic (exact) mass is 165 g/mol. The zero-order valence-electron chi connectivity index (χ0n) is 6.66. The Morgan fingerprint density at radius 1 is 1.75 bits per heavy atom. The van der Waals surface area contributed by atoms with E-state index in [2.05, 4.69) is 5.32 Å². The number of rotatable bonds is 1. The third kappa shape index (κ3) is 1.00. The van der Waals surface area contributed by atoms with Crippen molar-refractivity contribution in [2.75, 3.05) is 6.54 Å². The standard InChI is InChI=1S/C8H11N3O/c9-8(12)7-5-10-4-6-2-1-3-11(6)7/h1-3,7,10H,4-5H2,(H2,9,12). The zero-order valence-corrected chi connectivity index (χ0v) is 6.66. The van der Waals surface area contributed by atoms with Crippen molar-refractivity contribution in [1.82, 2.24) is 9.88 Å². The predicted octanol–water partition coefficient (Wildman–Crippen LogP) is -0.382. The first-order valence-electron chi connectivity index (χ1n) is 3.95. The molecular formula is C8H11N3O. The fourth-order valence-corrected chi connectivity index (χ4v) is 1.56. The lowest BCUT2D eigenvalue weighted by atomic mass is 10.2. The molecule has 12 heavy (non-hydrogen) atoms. The normalized spacial score (nSPS) is 21.8. The van der Waals surface area contributed by atoms with Crippen LogP contribution in [0, 0.1) is 0 Å². The fourth-order valence-electron chi connectivity index (χ4n) is 1.56. The van der Waals surface area contributed by atoms with E-state index in [0.717, 1.165) is 12.2 Å². The first-order valence-corrected chi connectivity index (χ1v) is 3.95. The smallest absolute Gasteiger partial charge is 0.241 e. The van der Waals surface area contributed by atoms with Crippen LogP contribution < -0.4 is 11.1 Å². The molecule has 64 valence electrons. The Morgan fingerprint density at radius 2 is 2.58 bits per heavy atom. The first kappa shape index (κ1) is 7.36. The first-order chi connectivity index (χ1) is 5.79. The average molecular weight is 165 g/mol. The van der Waals surface area contributed by atoms with Crippen molar-refractivity contribution < 1.29 is 4.79 Å². The topological polar surface area (TPSA) is 60.1 Å². The van der Waals surface area contributed by atoms with Crippen molar-refractivity contribution >= 4 is 5.91 Å². The summed E-state index contributed by atoms with van der Waals surface area (Å²) in [6, 6.07) is 3.70. The van der Waals surface area contributed by atoms with Crippen LogP contribution in [0.5, 0.6) is 0 Å². The summed E-state index contributed by atoms with van der Waals surface area (Å²) >= 11 is 0. The maximum atomic E-state index is 11.0. The molecule has 0 aromatic carbocycles. The van der Waals surface area contributed by atoms with Gasteiger partial charge in [-0.15, -0.1) is 0 Å². The van der Waals surface area contributed by atoms with Gasteiger partial charge in [-0.2, -0.15) is 0 Å². The maximum Gasteiger partial charge on any atom is 0.241 e. The summed E-state index contributed by atoms with van der Waals surface area (Å²) in [6.07, 6.45) is 1.89. The van der Waals surface area contributed by atoms with Crippen LogP contribution in [0.4, 0.5) is 0 Å². The van der Waals surface area contributed by atoms with Gasteiger partial charge in [-0.05, 0) is 12.1 Å². The van der Waals surface area contributed by atoms with Crippen molar-refractivity contribution in [1.29, 1.82) is 0 Å². The van der Waals surface area contributed by atoms with Gasteiger partial charge >= 0.3 is 0 Å². The summed E-state index contributed by atoms with van der Waals surface area (Å²) in [5, 5.41) is 3.14. The van der Waals surface area contributed by atoms with Crippen LogP contribution in [-0.2, 0) is 11.3 Å². The number of primary amides is 1. The molecule has 0 spiro atoms. The van der Waals surface area contributed by atoms with Gasteiger partial charge in [0.1, 0.15) is 6.04 Å². The minimum Gasteiger partial charge on any atom is -0.368 e. The highest BCUT2D eigenvalue weighted by Gasteiger charge is 2.22. The molecule has 1 aromatic rings. The van der Waals surface area contributed by atoms with Crippen molar-refractivity contribution in [2.24, 2.45) is 5.73 Å². The quantitative estimate of drug-likeness (QED) is 0.595. The Labute approximate surface area is 70.4 Å². The van der Waals surface area contributed by atoms with E-state index in [1.165, 1.54) is 0 Å². The molecule has 2 rings (SSSR count). The molecule has 1 aliphatic rings. The number of nitrogens with zero attached hydrogens (tertiary/aromatic N) is 1. The van der Waals surface area contributed by atoms with E-state index < -0.39 is 0 Å². The van der Waals surface area contributed by atoms with E-state index in [0.29, 0.717) is 6.54 Å². The lowest BCUT2D eigenvalue weighted by Gasteiger charge is -2.24. The molecule has 0 bridgehead atoms. The van der Waals surface area contributed by atoms with Crippen molar-refractivity contribution in [3.05, 3.63) is 24.0 Å². The molecule has 1 aliphatic heterocycles. The van der Waals surface area contributed by atoms with Crippen molar-refractivity contribution in [3.8, 4) is 0 Å². The van der Waals surface area contributed by atoms with E-state index in [9.17, 15) is 4.79 Å². The number of nitrogens with one attached hydrogen (secondary N) is 1. The number of amides is 1. The molecule has 0 fully saturated rings. The minimum absolute atomic E-state index is 0.219. The van der Waals surface area contributed by atoms with Crippen LogP contribution in [0.15, 0.2) is 18.3 Å². The van der Waals surface area contributed by atoms with Gasteiger partial charge in [-0.25, -0.2) is 0 Å². The SMILES string of the molecule is NC(=O)C1CNCc2cccn21. The van der Waals surface area contributed by atoms with Crippen molar-refractivity contribution in [3.63, 3.8) is 0 Å². The number of carbonyl (C=O) groups excluding carboxylic acids is 1. The van der Waals surface area contributed by atoms with Crippen LogP contribution in [0.1, 0.15) is 11.7 Å². The van der Waals surface area contributed by atoms with Crippen LogP contribution >= 0.6 is 0 Å². The van der Waals surface area contributed by atoms with Gasteiger partial charge in [0.15, 0.2) is 0 Å². The molecule has 0 saturated carbocycles. The lowest BCUT2D eigenvalue weighted by Crippen LogP contribution is -2.39. The summed E-state index contributed by atoms with van der Waals surface area (Å²) in [5.41, 5.74) is 6.36. The van der Waals surface area contributed by atoms with Crippen LogP contribution in [0.3, 0.4) is 0 Å². The Kier molecular flexibility index (Phi) is 1.62. The summed E-state index contributed by atoms with van der Waals surface area (Å²) in [7, 11) is 0. The van der Waals surface area contributed by atoms with E-state index in [1.807, 2.05) is 22.9 Å². The highest BCUT2D eigenvalue weighted by Crippen LogP contribution is 2.15. The molecule has 1 atom stereocenters. The predicted molar refractivity (Wildman–Crippen MR) is 44.4 cm³/mol. The summed E-state index contributed by atoms with van der Waals surface area (Å²) < 4.78 is 1.93. The van der Waals surface area contributed by atoms with E-state index in [1.54, 1.807) is 0 Å². The third-order valence-electron chi connectivity index (χ3n) is 2.17. The summed E-state index contributed by atoms with van der Waals surface area (Å²) in [6.45, 7) is 1.45. The van der Waals surface area contributed by atoms with E-state index >= 15 is 0 Å². The van der Waals surface area contributed by atoms with Gasteiger partial charge in [-0.1, -0.05) is 0 Å². The molecule has 4 heteroatoms. The zero-order chi connectivity index (χ0) is 8.55. The minimum atomic E-state index is -0.278. The molecule has 1 unspecified atom stereocenters. The Bertz CT molecular complexity index is 305. The highest BCUT2D eigenvalue weighted by molar-refractivity contribution is 5.79. The summed E-state index contributed by atoms with van der Waals surface area (Å²) in [5.74, 6) is -0.278. The molecule has 3 N–H and O–H groups in total. The van der Waals surface area contributed by atoms with Gasteiger partial charge in [0.2, 0.25) is 5.91 Å². The molecular weight excluding hydrogens is 154 g/mol. The number of carbonyl (C=O) groups is 1. The van der Waals surface area contributed by atoms with Crippen molar-refractivity contribution in [2.45, 2.75) is 12.6 Å². The number of hydrogen-bond acceptors (Lipinski definition) is 2. The van der Waals surface area contributed by atoms with Gasteiger partial charge in [-0.3, -0.25) is 4.79 Å². The number of hydrogen-bond donors (Lipinski definition) is 2. The van der Waals surface area contributed by atoms with Gasteiger partial charge in [0.25, 0.3) is 0 Å².